The molecule has 9 nitrogen and oxygen atoms in total. The minimum atomic E-state index is 0.184. The summed E-state index contributed by atoms with van der Waals surface area (Å²) in [4.78, 5) is 34.4. The van der Waals surface area contributed by atoms with Crippen LogP contribution in [-0.2, 0) is 11.3 Å². The summed E-state index contributed by atoms with van der Waals surface area (Å²) in [6, 6.07) is 0.652. The van der Waals surface area contributed by atoms with E-state index in [2.05, 4.69) is 62.8 Å². The summed E-state index contributed by atoms with van der Waals surface area (Å²) in [5, 5.41) is 8.84. The van der Waals surface area contributed by atoms with Crippen molar-refractivity contribution < 1.29 is 4.79 Å². The first-order valence-electron chi connectivity index (χ1n) is 14.9. The fraction of sp³-hybridized carbons (Fsp3) is 0.690. The Morgan fingerprint density at radius 2 is 1.77 bits per heavy atom. The highest BCUT2D eigenvalue weighted by molar-refractivity contribution is 7.09. The average Bonchev–Trinajstić information content (AvgIpc) is 3.61. The quantitative estimate of drug-likeness (QED) is 0.358. The second-order valence-electron chi connectivity index (χ2n) is 11.4. The SMILES string of the molecule is CCCN(CCC)C1CCC(C(=O)N2CCN(c3ncnc4c3cnn4Cc3csc(C(C)C)n3)CC2)CC1. The second-order valence-corrected chi connectivity index (χ2v) is 12.3. The van der Waals surface area contributed by atoms with Crippen LogP contribution >= 0.6 is 11.3 Å². The Balaban J connectivity index is 1.17. The second kappa shape index (κ2) is 12.7. The zero-order valence-electron chi connectivity index (χ0n) is 24.1. The molecule has 1 aliphatic heterocycles. The molecule has 0 spiro atoms. The van der Waals surface area contributed by atoms with Crippen molar-refractivity contribution in [3.05, 3.63) is 28.6 Å². The van der Waals surface area contributed by atoms with Gasteiger partial charge < -0.3 is 14.7 Å². The number of thiazole rings is 1. The molecule has 1 amide bonds. The van der Waals surface area contributed by atoms with Gasteiger partial charge in [0.25, 0.3) is 0 Å². The van der Waals surface area contributed by atoms with Gasteiger partial charge in [0, 0.05) is 49.4 Å². The Bertz CT molecular complexity index is 1220. The molecule has 2 fully saturated rings. The third-order valence-corrected chi connectivity index (χ3v) is 9.46. The highest BCUT2D eigenvalue weighted by Crippen LogP contribution is 2.31. The summed E-state index contributed by atoms with van der Waals surface area (Å²) in [5.41, 5.74) is 1.84. The topological polar surface area (TPSA) is 83.3 Å². The molecule has 1 aliphatic carbocycles. The zero-order chi connectivity index (χ0) is 27.4. The Labute approximate surface area is 236 Å². The predicted molar refractivity (Wildman–Crippen MR) is 157 cm³/mol. The first kappa shape index (κ1) is 28.0. The molecule has 0 radical (unpaired) electrons. The van der Waals surface area contributed by atoms with Gasteiger partial charge in [0.2, 0.25) is 5.91 Å². The lowest BCUT2D eigenvalue weighted by atomic mass is 9.84. The van der Waals surface area contributed by atoms with E-state index in [1.54, 1.807) is 17.7 Å². The third kappa shape index (κ3) is 6.27. The Morgan fingerprint density at radius 3 is 2.41 bits per heavy atom. The van der Waals surface area contributed by atoms with Gasteiger partial charge in [-0.15, -0.1) is 11.3 Å². The standard InChI is InChI=1S/C29H44N8OS/c1-5-11-34(12-6-2)24-9-7-22(8-10-24)29(38)36-15-13-35(14-16-36)26-25-17-32-37(27(25)31-20-30-26)18-23-19-39-28(33-23)21(3)4/h17,19-22,24H,5-16,18H2,1-4H3. The van der Waals surface area contributed by atoms with Crippen LogP contribution in [0.5, 0.6) is 0 Å². The van der Waals surface area contributed by atoms with Crippen molar-refractivity contribution in [3.63, 3.8) is 0 Å². The normalized spacial score (nSPS) is 20.5. The molecule has 5 rings (SSSR count). The predicted octanol–water partition coefficient (Wildman–Crippen LogP) is 4.78. The lowest BCUT2D eigenvalue weighted by Gasteiger charge is -2.40. The minimum Gasteiger partial charge on any atom is -0.352 e. The fourth-order valence-electron chi connectivity index (χ4n) is 6.20. The molecule has 1 saturated heterocycles. The molecule has 0 N–H and O–H groups in total. The van der Waals surface area contributed by atoms with E-state index >= 15 is 0 Å². The van der Waals surface area contributed by atoms with Crippen molar-refractivity contribution in [2.24, 2.45) is 5.92 Å². The average molecular weight is 553 g/mol. The number of aromatic nitrogens is 5. The number of amides is 1. The number of nitrogens with zero attached hydrogens (tertiary/aromatic N) is 8. The van der Waals surface area contributed by atoms with Gasteiger partial charge >= 0.3 is 0 Å². The van der Waals surface area contributed by atoms with Crippen molar-refractivity contribution in [3.8, 4) is 0 Å². The largest absolute Gasteiger partial charge is 0.352 e. The number of piperazine rings is 1. The van der Waals surface area contributed by atoms with Gasteiger partial charge in [-0.3, -0.25) is 4.79 Å². The van der Waals surface area contributed by atoms with E-state index in [9.17, 15) is 4.79 Å². The molecule has 3 aromatic rings. The summed E-state index contributed by atoms with van der Waals surface area (Å²) in [6.07, 6.45) is 10.3. The lowest BCUT2D eigenvalue weighted by molar-refractivity contribution is -0.137. The maximum atomic E-state index is 13.4. The van der Waals surface area contributed by atoms with Crippen LogP contribution in [0.25, 0.3) is 11.0 Å². The molecular formula is C29H44N8OS. The molecule has 0 aromatic carbocycles. The van der Waals surface area contributed by atoms with Crippen LogP contribution in [-0.4, -0.2) is 85.7 Å². The Kier molecular flexibility index (Phi) is 9.12. The fourth-order valence-corrected chi connectivity index (χ4v) is 7.02. The number of carbonyl (C=O) groups excluding carboxylic acids is 1. The summed E-state index contributed by atoms with van der Waals surface area (Å²) < 4.78 is 1.91. The van der Waals surface area contributed by atoms with Gasteiger partial charge in [-0.05, 0) is 51.6 Å². The molecular weight excluding hydrogens is 508 g/mol. The van der Waals surface area contributed by atoms with Gasteiger partial charge in [-0.2, -0.15) is 5.10 Å². The summed E-state index contributed by atoms with van der Waals surface area (Å²) in [6.45, 7) is 14.9. The van der Waals surface area contributed by atoms with E-state index < -0.39 is 0 Å². The van der Waals surface area contributed by atoms with Crippen LogP contribution in [0.15, 0.2) is 17.9 Å². The summed E-state index contributed by atoms with van der Waals surface area (Å²) in [5.74, 6) is 1.88. The van der Waals surface area contributed by atoms with E-state index in [0.29, 0.717) is 24.4 Å². The van der Waals surface area contributed by atoms with Gasteiger partial charge in [-0.1, -0.05) is 27.7 Å². The molecule has 39 heavy (non-hydrogen) atoms. The molecule has 0 bridgehead atoms. The molecule has 0 atom stereocenters. The molecule has 10 heteroatoms. The van der Waals surface area contributed by atoms with Crippen LogP contribution < -0.4 is 4.90 Å². The smallest absolute Gasteiger partial charge is 0.225 e. The zero-order valence-corrected chi connectivity index (χ0v) is 24.9. The highest BCUT2D eigenvalue weighted by atomic mass is 32.1. The minimum absolute atomic E-state index is 0.184. The van der Waals surface area contributed by atoms with Crippen molar-refractivity contribution in [2.45, 2.75) is 84.7 Å². The maximum absolute atomic E-state index is 13.4. The van der Waals surface area contributed by atoms with Gasteiger partial charge in [0.15, 0.2) is 5.65 Å². The molecule has 0 unspecified atom stereocenters. The molecule has 3 aromatic heterocycles. The van der Waals surface area contributed by atoms with Crippen LogP contribution in [0.1, 0.15) is 82.8 Å². The van der Waals surface area contributed by atoms with E-state index in [1.165, 1.54) is 25.9 Å². The van der Waals surface area contributed by atoms with E-state index in [0.717, 1.165) is 79.4 Å². The molecule has 1 saturated carbocycles. The molecule has 2 aliphatic rings. The number of fused-ring (bicyclic) bond motifs is 1. The van der Waals surface area contributed by atoms with Crippen LogP contribution in [0.4, 0.5) is 5.82 Å². The van der Waals surface area contributed by atoms with Crippen LogP contribution in [0.2, 0.25) is 0 Å². The van der Waals surface area contributed by atoms with Crippen molar-refractivity contribution in [1.82, 2.24) is 34.5 Å². The van der Waals surface area contributed by atoms with E-state index in [4.69, 9.17) is 4.98 Å². The van der Waals surface area contributed by atoms with Crippen molar-refractivity contribution in [2.75, 3.05) is 44.2 Å². The van der Waals surface area contributed by atoms with Crippen LogP contribution in [0, 0.1) is 5.92 Å². The summed E-state index contributed by atoms with van der Waals surface area (Å²) in [7, 11) is 0. The number of hydrogen-bond donors (Lipinski definition) is 0. The number of anilines is 1. The van der Waals surface area contributed by atoms with Gasteiger partial charge in [0.05, 0.1) is 28.8 Å². The first-order chi connectivity index (χ1) is 19.0. The van der Waals surface area contributed by atoms with E-state index in [1.807, 2.05) is 10.9 Å². The number of rotatable bonds is 10. The summed E-state index contributed by atoms with van der Waals surface area (Å²) >= 11 is 1.70. The van der Waals surface area contributed by atoms with Crippen molar-refractivity contribution in [1.29, 1.82) is 0 Å². The Hall–Kier alpha value is -2.59. The molecule has 212 valence electrons. The van der Waals surface area contributed by atoms with Crippen molar-refractivity contribution >= 4 is 34.1 Å². The van der Waals surface area contributed by atoms with E-state index in [-0.39, 0.29) is 5.92 Å². The Morgan fingerprint density at radius 1 is 1.05 bits per heavy atom. The number of carbonyl (C=O) groups is 1. The van der Waals surface area contributed by atoms with Crippen LogP contribution in [0.3, 0.4) is 0 Å². The van der Waals surface area contributed by atoms with Gasteiger partial charge in [0.1, 0.15) is 12.1 Å². The maximum Gasteiger partial charge on any atom is 0.225 e. The molecule has 4 heterocycles. The third-order valence-electron chi connectivity index (χ3n) is 8.26. The monoisotopic (exact) mass is 552 g/mol. The lowest BCUT2D eigenvalue weighted by Crippen LogP contribution is -2.51. The number of hydrogen-bond acceptors (Lipinski definition) is 8. The van der Waals surface area contributed by atoms with Gasteiger partial charge in [-0.25, -0.2) is 19.6 Å². The first-order valence-corrected chi connectivity index (χ1v) is 15.7. The highest BCUT2D eigenvalue weighted by Gasteiger charge is 2.33.